The van der Waals surface area contributed by atoms with E-state index in [0.29, 0.717) is 34.8 Å². The molecule has 5 aromatic rings. The fourth-order valence-corrected chi connectivity index (χ4v) is 4.24. The molecule has 0 saturated heterocycles. The van der Waals surface area contributed by atoms with Gasteiger partial charge in [0.15, 0.2) is 11.2 Å². The van der Waals surface area contributed by atoms with Crippen LogP contribution in [0.15, 0.2) is 47.1 Å². The van der Waals surface area contributed by atoms with Gasteiger partial charge in [-0.05, 0) is 47.9 Å². The number of nitrogens with one attached hydrogen (secondary N) is 1. The molecule has 31 heavy (non-hydrogen) atoms. The minimum absolute atomic E-state index is 0.132. The molecule has 6 rings (SSSR count). The Balaban J connectivity index is 1.47. The van der Waals surface area contributed by atoms with E-state index in [0.717, 1.165) is 30.5 Å². The van der Waals surface area contributed by atoms with Crippen LogP contribution in [-0.2, 0) is 19.5 Å². The third-order valence-electron chi connectivity index (χ3n) is 5.73. The summed E-state index contributed by atoms with van der Waals surface area (Å²) in [6, 6.07) is 12.4. The number of benzene rings is 2. The van der Waals surface area contributed by atoms with Gasteiger partial charge in [0.25, 0.3) is 6.01 Å². The number of nitrogens with zero attached hydrogens (tertiary/aromatic N) is 5. The summed E-state index contributed by atoms with van der Waals surface area (Å²) in [5.41, 5.74) is 19.4. The highest BCUT2D eigenvalue weighted by Crippen LogP contribution is 2.32. The van der Waals surface area contributed by atoms with Crippen LogP contribution in [0.4, 0.5) is 11.8 Å². The summed E-state index contributed by atoms with van der Waals surface area (Å²) in [5.74, 6) is 0.391. The van der Waals surface area contributed by atoms with E-state index >= 15 is 0 Å². The lowest BCUT2D eigenvalue weighted by molar-refractivity contribution is 0.626. The largest absolute Gasteiger partial charge is 0.424 e. The normalized spacial score (nSPS) is 13.7. The molecule has 0 radical (unpaired) electrons. The maximum absolute atomic E-state index is 6.24. The van der Waals surface area contributed by atoms with Gasteiger partial charge in [-0.15, -0.1) is 0 Å². The van der Waals surface area contributed by atoms with Crippen LogP contribution < -0.4 is 16.8 Å². The van der Waals surface area contributed by atoms with Crippen LogP contribution in [0.2, 0.25) is 0 Å². The molecule has 2 aromatic carbocycles. The van der Waals surface area contributed by atoms with Crippen molar-refractivity contribution < 1.29 is 4.42 Å². The van der Waals surface area contributed by atoms with E-state index < -0.39 is 0 Å². The first-order valence-electron chi connectivity index (χ1n) is 10.1. The van der Waals surface area contributed by atoms with Gasteiger partial charge in [-0.3, -0.25) is 0 Å². The van der Waals surface area contributed by atoms with Gasteiger partial charge in [-0.1, -0.05) is 18.2 Å². The minimum Gasteiger partial charge on any atom is -0.424 e. The Kier molecular flexibility index (Phi) is 3.90. The van der Waals surface area contributed by atoms with Crippen LogP contribution in [0.3, 0.4) is 0 Å². The molecule has 9 nitrogen and oxygen atoms in total. The number of aromatic nitrogens is 5. The highest BCUT2D eigenvalue weighted by molar-refractivity contribution is 5.99. The Hall–Kier alpha value is -3.98. The van der Waals surface area contributed by atoms with Gasteiger partial charge >= 0.3 is 0 Å². The standard InChI is InChI=1S/C22H20N8O/c23-20-18-19(14-3-4-17-16(8-14)28-22(24)31-17)29-30(21(18)27-11-26-20)10-12-1-2-15-9-25-6-5-13(15)7-12/h1-4,7-8,11,25H,5-6,9-10H2,(H2,24,28)(H2,23,26,27). The second-order valence-electron chi connectivity index (χ2n) is 7.73. The summed E-state index contributed by atoms with van der Waals surface area (Å²) in [6.45, 7) is 2.51. The molecule has 1 aliphatic heterocycles. The van der Waals surface area contributed by atoms with Crippen molar-refractivity contribution in [2.75, 3.05) is 18.0 Å². The molecular weight excluding hydrogens is 392 g/mol. The summed E-state index contributed by atoms with van der Waals surface area (Å²) >= 11 is 0. The average molecular weight is 412 g/mol. The fourth-order valence-electron chi connectivity index (χ4n) is 4.24. The highest BCUT2D eigenvalue weighted by Gasteiger charge is 2.19. The molecular formula is C22H20N8O. The third kappa shape index (κ3) is 2.98. The summed E-state index contributed by atoms with van der Waals surface area (Å²) < 4.78 is 7.27. The lowest BCUT2D eigenvalue weighted by Crippen LogP contribution is -2.23. The van der Waals surface area contributed by atoms with Crippen molar-refractivity contribution >= 4 is 34.0 Å². The zero-order valence-electron chi connectivity index (χ0n) is 16.7. The second-order valence-corrected chi connectivity index (χ2v) is 7.73. The van der Waals surface area contributed by atoms with Crippen molar-refractivity contribution in [1.29, 1.82) is 0 Å². The molecule has 5 N–H and O–H groups in total. The molecule has 0 unspecified atom stereocenters. The van der Waals surface area contributed by atoms with Crippen LogP contribution in [-0.4, -0.2) is 31.3 Å². The third-order valence-corrected chi connectivity index (χ3v) is 5.73. The maximum Gasteiger partial charge on any atom is 0.292 e. The zero-order valence-corrected chi connectivity index (χ0v) is 16.7. The van der Waals surface area contributed by atoms with E-state index in [1.165, 1.54) is 23.0 Å². The molecule has 4 heterocycles. The number of nitrogens with two attached hydrogens (primary N) is 2. The Labute approximate surface area is 177 Å². The SMILES string of the molecule is Nc1nc2cc(-c3nn(Cc4ccc5c(c4)CCNC5)c4ncnc(N)c34)ccc2o1. The van der Waals surface area contributed by atoms with Crippen molar-refractivity contribution in [3.8, 4) is 11.3 Å². The van der Waals surface area contributed by atoms with Crippen LogP contribution in [0.25, 0.3) is 33.4 Å². The van der Waals surface area contributed by atoms with Crippen LogP contribution >= 0.6 is 0 Å². The van der Waals surface area contributed by atoms with Gasteiger partial charge in [0.05, 0.1) is 11.9 Å². The highest BCUT2D eigenvalue weighted by atomic mass is 16.4. The van der Waals surface area contributed by atoms with Crippen molar-refractivity contribution in [1.82, 2.24) is 30.0 Å². The summed E-state index contributed by atoms with van der Waals surface area (Å²) in [5, 5.41) is 9.00. The van der Waals surface area contributed by atoms with E-state index in [4.69, 9.17) is 21.0 Å². The lowest BCUT2D eigenvalue weighted by atomic mass is 9.98. The van der Waals surface area contributed by atoms with Gasteiger partial charge in [0.2, 0.25) is 0 Å². The fraction of sp³-hybridized carbons (Fsp3) is 0.182. The molecule has 1 aliphatic rings. The number of rotatable bonds is 3. The van der Waals surface area contributed by atoms with Crippen LogP contribution in [0.1, 0.15) is 16.7 Å². The number of hydrogen-bond acceptors (Lipinski definition) is 8. The maximum atomic E-state index is 6.24. The Morgan fingerprint density at radius 3 is 2.94 bits per heavy atom. The molecule has 0 spiro atoms. The molecule has 0 amide bonds. The zero-order chi connectivity index (χ0) is 20.9. The molecule has 0 saturated carbocycles. The quantitative estimate of drug-likeness (QED) is 0.411. The minimum atomic E-state index is 0.132. The number of fused-ring (bicyclic) bond motifs is 3. The topological polar surface area (TPSA) is 134 Å². The second kappa shape index (κ2) is 6.78. The van der Waals surface area contributed by atoms with E-state index in [-0.39, 0.29) is 6.01 Å². The molecule has 0 atom stereocenters. The first-order valence-corrected chi connectivity index (χ1v) is 10.1. The summed E-state index contributed by atoms with van der Waals surface area (Å²) in [6.07, 6.45) is 2.50. The first kappa shape index (κ1) is 17.8. The van der Waals surface area contributed by atoms with E-state index in [9.17, 15) is 0 Å². The number of hydrogen-bond donors (Lipinski definition) is 3. The van der Waals surface area contributed by atoms with Crippen molar-refractivity contribution in [2.45, 2.75) is 19.5 Å². The van der Waals surface area contributed by atoms with Crippen LogP contribution in [0.5, 0.6) is 0 Å². The van der Waals surface area contributed by atoms with Crippen LogP contribution in [0, 0.1) is 0 Å². The molecule has 154 valence electrons. The monoisotopic (exact) mass is 412 g/mol. The van der Waals surface area contributed by atoms with Gasteiger partial charge in [0, 0.05) is 12.1 Å². The Morgan fingerprint density at radius 2 is 2.00 bits per heavy atom. The Bertz CT molecular complexity index is 1450. The number of anilines is 2. The predicted molar refractivity (Wildman–Crippen MR) is 118 cm³/mol. The van der Waals surface area contributed by atoms with Gasteiger partial charge in [-0.25, -0.2) is 14.6 Å². The van der Waals surface area contributed by atoms with Gasteiger partial charge < -0.3 is 21.2 Å². The molecule has 9 heteroatoms. The summed E-state index contributed by atoms with van der Waals surface area (Å²) in [7, 11) is 0. The molecule has 0 aliphatic carbocycles. The molecule has 0 fully saturated rings. The smallest absolute Gasteiger partial charge is 0.292 e. The van der Waals surface area contributed by atoms with Gasteiger partial charge in [0.1, 0.15) is 23.4 Å². The van der Waals surface area contributed by atoms with Crippen molar-refractivity contribution in [3.05, 3.63) is 59.4 Å². The number of oxazole rings is 1. The van der Waals surface area contributed by atoms with Gasteiger partial charge in [-0.2, -0.15) is 10.1 Å². The average Bonchev–Trinajstić information content (AvgIpc) is 3.33. The summed E-state index contributed by atoms with van der Waals surface area (Å²) in [4.78, 5) is 12.9. The van der Waals surface area contributed by atoms with Crippen molar-refractivity contribution in [2.24, 2.45) is 0 Å². The predicted octanol–water partition coefficient (Wildman–Crippen LogP) is 2.49. The Morgan fingerprint density at radius 1 is 1.06 bits per heavy atom. The van der Waals surface area contributed by atoms with Crippen molar-refractivity contribution in [3.63, 3.8) is 0 Å². The molecule has 3 aromatic heterocycles. The van der Waals surface area contributed by atoms with E-state index in [1.807, 2.05) is 22.9 Å². The van der Waals surface area contributed by atoms with E-state index in [2.05, 4.69) is 38.5 Å². The van der Waals surface area contributed by atoms with E-state index in [1.54, 1.807) is 0 Å². The number of nitrogen functional groups attached to an aromatic ring is 2. The first-order chi connectivity index (χ1) is 15.2. The lowest BCUT2D eigenvalue weighted by Gasteiger charge is -2.18. The molecule has 0 bridgehead atoms.